The van der Waals surface area contributed by atoms with Crippen molar-refractivity contribution < 1.29 is 22.7 Å². The van der Waals surface area contributed by atoms with Crippen molar-refractivity contribution in [2.24, 2.45) is 0 Å². The van der Waals surface area contributed by atoms with Crippen molar-refractivity contribution in [3.05, 3.63) is 54.0 Å². The Morgan fingerprint density at radius 1 is 1.19 bits per heavy atom. The third-order valence-corrected chi connectivity index (χ3v) is 2.80. The summed E-state index contributed by atoms with van der Waals surface area (Å²) in [7, 11) is 0. The number of nitrogens with zero attached hydrogens (tertiary/aromatic N) is 1. The van der Waals surface area contributed by atoms with Crippen LogP contribution in [0, 0.1) is 5.82 Å². The van der Waals surface area contributed by atoms with Gasteiger partial charge in [0.25, 0.3) is 0 Å². The molecule has 0 atom stereocenters. The number of aromatic nitrogens is 1. The maximum Gasteiger partial charge on any atom is 0.382 e. The van der Waals surface area contributed by atoms with Crippen LogP contribution < -0.4 is 0 Å². The fourth-order valence-electron chi connectivity index (χ4n) is 1.71. The Morgan fingerprint density at radius 2 is 1.86 bits per heavy atom. The van der Waals surface area contributed by atoms with Crippen LogP contribution in [0.5, 0.6) is 0 Å². The summed E-state index contributed by atoms with van der Waals surface area (Å²) in [4.78, 5) is 15.1. The van der Waals surface area contributed by atoms with Gasteiger partial charge in [-0.25, -0.2) is 9.18 Å². The highest BCUT2D eigenvalue weighted by atomic mass is 19.3. The number of carbonyl (C=O) groups excluding carboxylic acids is 1. The van der Waals surface area contributed by atoms with Gasteiger partial charge in [-0.05, 0) is 43.3 Å². The standard InChI is InChI=1S/C15H12F3NO2/c1-2-21-14(20)15(17,18)11-5-8-13(19-9-11)10-3-6-12(16)7-4-10/h3-9H,2H2,1H3. The minimum atomic E-state index is -3.75. The van der Waals surface area contributed by atoms with Gasteiger partial charge < -0.3 is 4.74 Å². The third-order valence-electron chi connectivity index (χ3n) is 2.80. The van der Waals surface area contributed by atoms with E-state index in [0.717, 1.165) is 12.3 Å². The third kappa shape index (κ3) is 3.21. The summed E-state index contributed by atoms with van der Waals surface area (Å²) in [5.41, 5.74) is 0.438. The van der Waals surface area contributed by atoms with Crippen molar-refractivity contribution in [3.63, 3.8) is 0 Å². The number of esters is 1. The molecule has 0 spiro atoms. The molecule has 0 N–H and O–H groups in total. The van der Waals surface area contributed by atoms with E-state index in [4.69, 9.17) is 0 Å². The molecule has 0 saturated carbocycles. The second-order valence-electron chi connectivity index (χ2n) is 4.23. The van der Waals surface area contributed by atoms with Crippen molar-refractivity contribution in [3.8, 4) is 11.3 Å². The quantitative estimate of drug-likeness (QED) is 0.810. The summed E-state index contributed by atoms with van der Waals surface area (Å²) in [5, 5.41) is 0. The molecule has 2 rings (SSSR count). The van der Waals surface area contributed by atoms with Gasteiger partial charge in [0.15, 0.2) is 0 Å². The van der Waals surface area contributed by atoms with E-state index in [1.54, 1.807) is 0 Å². The molecule has 1 aromatic heterocycles. The Morgan fingerprint density at radius 3 is 2.38 bits per heavy atom. The Hall–Kier alpha value is -2.37. The molecule has 0 saturated heterocycles. The summed E-state index contributed by atoms with van der Waals surface area (Å²) in [6.45, 7) is 1.32. The van der Waals surface area contributed by atoms with E-state index in [2.05, 4.69) is 9.72 Å². The van der Waals surface area contributed by atoms with Crippen molar-refractivity contribution in [2.45, 2.75) is 12.8 Å². The molecule has 3 nitrogen and oxygen atoms in total. The normalized spacial score (nSPS) is 11.2. The highest BCUT2D eigenvalue weighted by Crippen LogP contribution is 2.30. The number of ether oxygens (including phenoxy) is 1. The maximum atomic E-state index is 13.8. The number of hydrogen-bond acceptors (Lipinski definition) is 3. The van der Waals surface area contributed by atoms with Crippen molar-refractivity contribution in [1.82, 2.24) is 4.98 Å². The first-order valence-electron chi connectivity index (χ1n) is 6.22. The molecule has 0 bridgehead atoms. The molecule has 0 aliphatic carbocycles. The molecule has 110 valence electrons. The molecule has 0 amide bonds. The van der Waals surface area contributed by atoms with Crippen LogP contribution in [0.4, 0.5) is 13.2 Å². The van der Waals surface area contributed by atoms with Gasteiger partial charge >= 0.3 is 11.9 Å². The highest BCUT2D eigenvalue weighted by Gasteiger charge is 2.42. The number of pyridine rings is 1. The van der Waals surface area contributed by atoms with Crippen molar-refractivity contribution in [2.75, 3.05) is 6.61 Å². The van der Waals surface area contributed by atoms with E-state index >= 15 is 0 Å². The van der Waals surface area contributed by atoms with Gasteiger partial charge in [0.05, 0.1) is 17.9 Å². The zero-order valence-electron chi connectivity index (χ0n) is 11.1. The van der Waals surface area contributed by atoms with Crippen LogP contribution >= 0.6 is 0 Å². The number of halogens is 3. The highest BCUT2D eigenvalue weighted by molar-refractivity contribution is 5.79. The second-order valence-corrected chi connectivity index (χ2v) is 4.23. The Kier molecular flexibility index (Phi) is 4.26. The van der Waals surface area contributed by atoms with Gasteiger partial charge in [0.2, 0.25) is 0 Å². The van der Waals surface area contributed by atoms with Gasteiger partial charge in [-0.3, -0.25) is 4.98 Å². The fraction of sp³-hybridized carbons (Fsp3) is 0.200. The Bertz CT molecular complexity index is 624. The van der Waals surface area contributed by atoms with E-state index in [1.165, 1.54) is 37.3 Å². The average molecular weight is 295 g/mol. The molecule has 6 heteroatoms. The van der Waals surface area contributed by atoms with Crippen LogP contribution in [0.1, 0.15) is 12.5 Å². The molecule has 0 fully saturated rings. The molecule has 21 heavy (non-hydrogen) atoms. The summed E-state index contributed by atoms with van der Waals surface area (Å²) >= 11 is 0. The SMILES string of the molecule is CCOC(=O)C(F)(F)c1ccc(-c2ccc(F)cc2)nc1. The number of rotatable bonds is 4. The zero-order valence-corrected chi connectivity index (χ0v) is 11.1. The van der Waals surface area contributed by atoms with Crippen LogP contribution in [0.2, 0.25) is 0 Å². The molecule has 2 aromatic rings. The van der Waals surface area contributed by atoms with Crippen LogP contribution in [0.3, 0.4) is 0 Å². The number of benzene rings is 1. The first-order valence-corrected chi connectivity index (χ1v) is 6.22. The van der Waals surface area contributed by atoms with Gasteiger partial charge in [-0.15, -0.1) is 0 Å². The molecule has 0 unspecified atom stereocenters. The minimum absolute atomic E-state index is 0.129. The lowest BCUT2D eigenvalue weighted by atomic mass is 10.1. The van der Waals surface area contributed by atoms with Crippen molar-refractivity contribution in [1.29, 1.82) is 0 Å². The lowest BCUT2D eigenvalue weighted by Gasteiger charge is -2.14. The maximum absolute atomic E-state index is 13.8. The lowest BCUT2D eigenvalue weighted by Crippen LogP contribution is -2.28. The van der Waals surface area contributed by atoms with Crippen LogP contribution in [0.15, 0.2) is 42.6 Å². The molecule has 1 heterocycles. The smallest absolute Gasteiger partial charge is 0.382 e. The molecular formula is C15H12F3NO2. The number of carbonyl (C=O) groups is 1. The number of alkyl halides is 2. The van der Waals surface area contributed by atoms with E-state index in [9.17, 15) is 18.0 Å². The fourth-order valence-corrected chi connectivity index (χ4v) is 1.71. The minimum Gasteiger partial charge on any atom is -0.461 e. The molecule has 1 aromatic carbocycles. The van der Waals surface area contributed by atoms with Crippen LogP contribution in [-0.4, -0.2) is 17.6 Å². The monoisotopic (exact) mass is 295 g/mol. The van der Waals surface area contributed by atoms with Gasteiger partial charge in [-0.1, -0.05) is 0 Å². The average Bonchev–Trinajstić information content (AvgIpc) is 2.48. The van der Waals surface area contributed by atoms with Gasteiger partial charge in [0, 0.05) is 11.8 Å². The Labute approximate surface area is 119 Å². The molecule has 0 radical (unpaired) electrons. The Balaban J connectivity index is 2.26. The predicted octanol–water partition coefficient (Wildman–Crippen LogP) is 3.54. The van der Waals surface area contributed by atoms with Gasteiger partial charge in [0.1, 0.15) is 5.82 Å². The van der Waals surface area contributed by atoms with Crippen LogP contribution in [0.25, 0.3) is 11.3 Å². The summed E-state index contributed by atoms with van der Waals surface area (Å²) in [5.74, 6) is -5.75. The van der Waals surface area contributed by atoms with E-state index < -0.39 is 23.3 Å². The summed E-state index contributed by atoms with van der Waals surface area (Å²) in [6.07, 6.45) is 0.912. The summed E-state index contributed by atoms with van der Waals surface area (Å²) < 4.78 is 44.7. The van der Waals surface area contributed by atoms with Crippen LogP contribution in [-0.2, 0) is 15.5 Å². The lowest BCUT2D eigenvalue weighted by molar-refractivity contribution is -0.173. The van der Waals surface area contributed by atoms with E-state index in [-0.39, 0.29) is 6.61 Å². The second kappa shape index (κ2) is 5.95. The molecule has 0 aliphatic heterocycles. The largest absolute Gasteiger partial charge is 0.461 e. The van der Waals surface area contributed by atoms with E-state index in [1.807, 2.05) is 0 Å². The van der Waals surface area contributed by atoms with E-state index in [0.29, 0.717) is 11.3 Å². The molecule has 0 aliphatic rings. The predicted molar refractivity (Wildman–Crippen MR) is 70.2 cm³/mol. The van der Waals surface area contributed by atoms with Crippen molar-refractivity contribution >= 4 is 5.97 Å². The first-order chi connectivity index (χ1) is 9.95. The zero-order chi connectivity index (χ0) is 15.5. The number of hydrogen-bond donors (Lipinski definition) is 0. The van der Waals surface area contributed by atoms with Gasteiger partial charge in [-0.2, -0.15) is 8.78 Å². The summed E-state index contributed by atoms with van der Waals surface area (Å²) in [6, 6.07) is 7.91. The topological polar surface area (TPSA) is 39.2 Å². The molecular weight excluding hydrogens is 283 g/mol. The first kappa shape index (κ1) is 15.0.